The van der Waals surface area contributed by atoms with E-state index in [1.54, 1.807) is 0 Å². The van der Waals surface area contributed by atoms with Crippen LogP contribution < -0.4 is 0 Å². The molecule has 5 heavy (non-hydrogen) atoms. The molecule has 0 aromatic rings. The van der Waals surface area contributed by atoms with E-state index in [0.717, 1.165) is 0 Å². The second kappa shape index (κ2) is 5.43. The minimum atomic E-state index is 0. The average Bonchev–Trinajstić information content (AvgIpc) is 0.811. The van der Waals surface area contributed by atoms with Crippen LogP contribution in [0.1, 0.15) is 0 Å². The second-order valence-electron chi connectivity index (χ2n) is 1.34. The molecule has 0 spiro atoms. The van der Waals surface area contributed by atoms with Crippen LogP contribution in [0.3, 0.4) is 0 Å². The first kappa shape index (κ1) is 9.66. The Kier molecular flexibility index (Phi) is 10.5. The van der Waals surface area contributed by atoms with Gasteiger partial charge in [-0.05, 0) is 20.0 Å². The van der Waals surface area contributed by atoms with Gasteiger partial charge in [0.15, 0.2) is 0 Å². The zero-order valence-corrected chi connectivity index (χ0v) is 4.34. The van der Waals surface area contributed by atoms with Crippen molar-refractivity contribution in [1.29, 1.82) is 0 Å². The molecule has 0 aliphatic rings. The van der Waals surface area contributed by atoms with Crippen molar-refractivity contribution in [2.45, 2.75) is 0 Å². The second-order valence-corrected chi connectivity index (χ2v) is 4.02. The SMILES string of the molecule is CP(C)C.[NaH]. The fraction of sp³-hybridized carbons (Fsp3) is 1.00. The van der Waals surface area contributed by atoms with Crippen molar-refractivity contribution in [3.63, 3.8) is 0 Å². The summed E-state index contributed by atoms with van der Waals surface area (Å²) in [6.45, 7) is 6.69. The van der Waals surface area contributed by atoms with Crippen LogP contribution in [0, 0.1) is 0 Å². The Morgan fingerprint density at radius 2 is 1.00 bits per heavy atom. The Morgan fingerprint density at radius 3 is 1.00 bits per heavy atom. The Bertz CT molecular complexity index is 11.6. The first-order chi connectivity index (χ1) is 1.73. The quantitative estimate of drug-likeness (QED) is 0.310. The van der Waals surface area contributed by atoms with E-state index in [1.165, 1.54) is 0 Å². The summed E-state index contributed by atoms with van der Waals surface area (Å²) >= 11 is 0. The average molecular weight is 100 g/mol. The molecule has 0 N–H and O–H groups in total. The predicted octanol–water partition coefficient (Wildman–Crippen LogP) is 0.709. The summed E-state index contributed by atoms with van der Waals surface area (Å²) in [4.78, 5) is 0. The summed E-state index contributed by atoms with van der Waals surface area (Å²) in [6, 6.07) is 0. The first-order valence-electron chi connectivity index (χ1n) is 1.34. The molecule has 0 atom stereocenters. The molecule has 0 unspecified atom stereocenters. The van der Waals surface area contributed by atoms with E-state index >= 15 is 0 Å². The number of rotatable bonds is 0. The van der Waals surface area contributed by atoms with Crippen molar-refractivity contribution in [3.05, 3.63) is 0 Å². The summed E-state index contributed by atoms with van der Waals surface area (Å²) < 4.78 is 0. The molecule has 0 heterocycles. The molecule has 0 bridgehead atoms. The standard InChI is InChI=1S/C3H9P.Na.H/c1-4(2)3;;/h1-3H3;;. The molecule has 0 radical (unpaired) electrons. The topological polar surface area (TPSA) is 0 Å². The van der Waals surface area contributed by atoms with Gasteiger partial charge in [0.2, 0.25) is 0 Å². The monoisotopic (exact) mass is 100 g/mol. The Hall–Kier alpha value is 1.43. The maximum atomic E-state index is 2.23. The molecule has 0 nitrogen and oxygen atoms in total. The van der Waals surface area contributed by atoms with Crippen LogP contribution in [0.2, 0.25) is 0 Å². The van der Waals surface area contributed by atoms with Gasteiger partial charge in [-0.15, -0.1) is 7.92 Å². The van der Waals surface area contributed by atoms with E-state index < -0.39 is 0 Å². The van der Waals surface area contributed by atoms with Gasteiger partial charge in [0.05, 0.1) is 0 Å². The van der Waals surface area contributed by atoms with E-state index in [1.807, 2.05) is 0 Å². The molecular weight excluding hydrogens is 90.0 g/mol. The van der Waals surface area contributed by atoms with Crippen molar-refractivity contribution in [3.8, 4) is 0 Å². The van der Waals surface area contributed by atoms with Gasteiger partial charge in [0.1, 0.15) is 0 Å². The Morgan fingerprint density at radius 1 is 1.00 bits per heavy atom. The van der Waals surface area contributed by atoms with Crippen LogP contribution in [-0.2, 0) is 0 Å². The molecule has 0 amide bonds. The zero-order valence-electron chi connectivity index (χ0n) is 3.45. The van der Waals surface area contributed by atoms with Gasteiger partial charge in [0, 0.05) is 0 Å². The minimum absolute atomic E-state index is 0. The van der Waals surface area contributed by atoms with Crippen LogP contribution in [0.4, 0.5) is 0 Å². The normalized spacial score (nSPS) is 7.20. The Balaban J connectivity index is 0. The molecule has 0 saturated heterocycles. The summed E-state index contributed by atoms with van der Waals surface area (Å²) in [5.74, 6) is 0. The van der Waals surface area contributed by atoms with Gasteiger partial charge < -0.3 is 0 Å². The molecule has 0 aromatic carbocycles. The van der Waals surface area contributed by atoms with Crippen LogP contribution >= 0.6 is 7.92 Å². The van der Waals surface area contributed by atoms with E-state index in [0.29, 0.717) is 7.92 Å². The molecule has 0 fully saturated rings. The predicted molar refractivity (Wildman–Crippen MR) is 31.8 cm³/mol. The van der Waals surface area contributed by atoms with Crippen LogP contribution in [-0.4, -0.2) is 49.6 Å². The van der Waals surface area contributed by atoms with Crippen molar-refractivity contribution < 1.29 is 0 Å². The van der Waals surface area contributed by atoms with Crippen molar-refractivity contribution >= 4 is 37.5 Å². The molecule has 2 heteroatoms. The third-order valence-corrected chi connectivity index (χ3v) is 0. The van der Waals surface area contributed by atoms with Crippen LogP contribution in [0.5, 0.6) is 0 Å². The molecule has 0 rings (SSSR count). The molecule has 28 valence electrons. The fourth-order valence-electron chi connectivity index (χ4n) is 0. The summed E-state index contributed by atoms with van der Waals surface area (Å²) in [7, 11) is 0.380. The van der Waals surface area contributed by atoms with E-state index in [9.17, 15) is 0 Å². The van der Waals surface area contributed by atoms with Crippen LogP contribution in [0.25, 0.3) is 0 Å². The third kappa shape index (κ3) is 31.2. The van der Waals surface area contributed by atoms with E-state index in [2.05, 4.69) is 20.0 Å². The van der Waals surface area contributed by atoms with Crippen molar-refractivity contribution in [2.24, 2.45) is 0 Å². The zero-order chi connectivity index (χ0) is 3.58. The molecule has 0 aromatic heterocycles. The third-order valence-electron chi connectivity index (χ3n) is 0. The number of hydrogen-bond donors (Lipinski definition) is 0. The summed E-state index contributed by atoms with van der Waals surface area (Å²) in [6.07, 6.45) is 0. The fourth-order valence-corrected chi connectivity index (χ4v) is 0. The maximum absolute atomic E-state index is 2.23. The van der Waals surface area contributed by atoms with Crippen molar-refractivity contribution in [1.82, 2.24) is 0 Å². The molecular formula is C3H10NaP. The van der Waals surface area contributed by atoms with Crippen LogP contribution in [0.15, 0.2) is 0 Å². The molecule has 0 aliphatic heterocycles. The van der Waals surface area contributed by atoms with Gasteiger partial charge in [-0.25, -0.2) is 0 Å². The molecule has 0 aliphatic carbocycles. The summed E-state index contributed by atoms with van der Waals surface area (Å²) in [5.41, 5.74) is 0. The van der Waals surface area contributed by atoms with Gasteiger partial charge in [-0.2, -0.15) is 0 Å². The van der Waals surface area contributed by atoms with Gasteiger partial charge >= 0.3 is 29.6 Å². The van der Waals surface area contributed by atoms with E-state index in [-0.39, 0.29) is 29.6 Å². The Labute approximate surface area is 57.4 Å². The van der Waals surface area contributed by atoms with E-state index in [4.69, 9.17) is 0 Å². The molecule has 0 saturated carbocycles. The number of hydrogen-bond acceptors (Lipinski definition) is 0. The van der Waals surface area contributed by atoms with Gasteiger partial charge in [-0.1, -0.05) is 0 Å². The van der Waals surface area contributed by atoms with Gasteiger partial charge in [0.25, 0.3) is 0 Å². The first-order valence-corrected chi connectivity index (χ1v) is 4.02. The van der Waals surface area contributed by atoms with Crippen molar-refractivity contribution in [2.75, 3.05) is 20.0 Å². The van der Waals surface area contributed by atoms with Gasteiger partial charge in [-0.3, -0.25) is 0 Å². The summed E-state index contributed by atoms with van der Waals surface area (Å²) in [5, 5.41) is 0.